The van der Waals surface area contributed by atoms with Crippen molar-refractivity contribution in [3.63, 3.8) is 0 Å². The lowest BCUT2D eigenvalue weighted by molar-refractivity contribution is 0.104. The van der Waals surface area contributed by atoms with E-state index < -0.39 is 0 Å². The maximum atomic E-state index is 12.2. The number of benzene rings is 3. The number of carbonyl (C=O) groups is 1. The molecule has 2 heteroatoms. The SMILES string of the molecule is Cc1ccc(CN/C=C/C(=O)c2ccc(-c3ccccc3)cc2)cc1. The molecule has 0 saturated heterocycles. The van der Waals surface area contributed by atoms with Crippen LogP contribution in [0.2, 0.25) is 0 Å². The molecule has 25 heavy (non-hydrogen) atoms. The molecule has 2 nitrogen and oxygen atoms in total. The Hall–Kier alpha value is -3.13. The Labute approximate surface area is 148 Å². The highest BCUT2D eigenvalue weighted by Crippen LogP contribution is 2.19. The third-order valence-corrected chi connectivity index (χ3v) is 4.06. The van der Waals surface area contributed by atoms with Gasteiger partial charge in [-0.25, -0.2) is 0 Å². The van der Waals surface area contributed by atoms with Crippen molar-refractivity contribution in [1.29, 1.82) is 0 Å². The van der Waals surface area contributed by atoms with Crippen molar-refractivity contribution in [3.8, 4) is 11.1 Å². The summed E-state index contributed by atoms with van der Waals surface area (Å²) in [5.74, 6) is -0.00369. The predicted octanol–water partition coefficient (Wildman–Crippen LogP) is 5.15. The summed E-state index contributed by atoms with van der Waals surface area (Å²) in [7, 11) is 0. The van der Waals surface area contributed by atoms with Crippen LogP contribution in [-0.4, -0.2) is 5.78 Å². The Morgan fingerprint density at radius 3 is 2.16 bits per heavy atom. The Morgan fingerprint density at radius 1 is 0.840 bits per heavy atom. The smallest absolute Gasteiger partial charge is 0.187 e. The van der Waals surface area contributed by atoms with Crippen LogP contribution in [0.4, 0.5) is 0 Å². The third kappa shape index (κ3) is 4.67. The van der Waals surface area contributed by atoms with E-state index in [-0.39, 0.29) is 5.78 Å². The maximum absolute atomic E-state index is 12.2. The van der Waals surface area contributed by atoms with Crippen LogP contribution in [-0.2, 0) is 6.54 Å². The number of rotatable bonds is 6. The van der Waals surface area contributed by atoms with E-state index in [2.05, 4.69) is 48.6 Å². The summed E-state index contributed by atoms with van der Waals surface area (Å²) in [5.41, 5.74) is 5.38. The highest BCUT2D eigenvalue weighted by atomic mass is 16.1. The Morgan fingerprint density at radius 2 is 1.48 bits per heavy atom. The Bertz CT molecular complexity index is 847. The topological polar surface area (TPSA) is 29.1 Å². The summed E-state index contributed by atoms with van der Waals surface area (Å²) in [6.45, 7) is 2.77. The van der Waals surface area contributed by atoms with Gasteiger partial charge in [-0.2, -0.15) is 0 Å². The molecule has 0 atom stereocenters. The molecule has 0 fully saturated rings. The molecule has 124 valence electrons. The van der Waals surface area contributed by atoms with Crippen molar-refractivity contribution in [3.05, 3.63) is 108 Å². The molecular weight excluding hydrogens is 306 g/mol. The van der Waals surface area contributed by atoms with Gasteiger partial charge in [-0.15, -0.1) is 0 Å². The fourth-order valence-corrected chi connectivity index (χ4v) is 2.57. The monoisotopic (exact) mass is 327 g/mol. The highest BCUT2D eigenvalue weighted by Gasteiger charge is 2.02. The van der Waals surface area contributed by atoms with E-state index in [0.717, 1.165) is 11.1 Å². The lowest BCUT2D eigenvalue weighted by Crippen LogP contribution is -2.05. The molecule has 3 rings (SSSR count). The first-order valence-electron chi connectivity index (χ1n) is 8.38. The van der Waals surface area contributed by atoms with Gasteiger partial charge in [0.05, 0.1) is 0 Å². The van der Waals surface area contributed by atoms with Crippen LogP contribution in [0.3, 0.4) is 0 Å². The number of hydrogen-bond donors (Lipinski definition) is 1. The Kier molecular flexibility index (Phi) is 5.43. The molecule has 0 unspecified atom stereocenters. The van der Waals surface area contributed by atoms with Crippen molar-refractivity contribution in [2.24, 2.45) is 0 Å². The van der Waals surface area contributed by atoms with Gasteiger partial charge in [0.2, 0.25) is 0 Å². The van der Waals surface area contributed by atoms with Crippen LogP contribution in [0, 0.1) is 6.92 Å². The summed E-state index contributed by atoms with van der Waals surface area (Å²) in [4.78, 5) is 12.2. The van der Waals surface area contributed by atoms with Gasteiger partial charge in [-0.1, -0.05) is 84.4 Å². The molecule has 0 radical (unpaired) electrons. The second kappa shape index (κ2) is 8.11. The van der Waals surface area contributed by atoms with Gasteiger partial charge in [-0.3, -0.25) is 4.79 Å². The lowest BCUT2D eigenvalue weighted by Gasteiger charge is -2.03. The molecule has 0 amide bonds. The minimum Gasteiger partial charge on any atom is -0.387 e. The van der Waals surface area contributed by atoms with Gasteiger partial charge in [0.15, 0.2) is 5.78 Å². The molecule has 0 aliphatic rings. The maximum Gasteiger partial charge on any atom is 0.187 e. The zero-order valence-corrected chi connectivity index (χ0v) is 14.3. The van der Waals surface area contributed by atoms with E-state index >= 15 is 0 Å². The molecule has 0 aliphatic heterocycles. The number of ketones is 1. The highest BCUT2D eigenvalue weighted by molar-refractivity contribution is 6.04. The van der Waals surface area contributed by atoms with Gasteiger partial charge in [0, 0.05) is 24.4 Å². The summed E-state index contributed by atoms with van der Waals surface area (Å²) in [5, 5.41) is 3.16. The average molecular weight is 327 g/mol. The van der Waals surface area contributed by atoms with Crippen molar-refractivity contribution < 1.29 is 4.79 Å². The zero-order valence-electron chi connectivity index (χ0n) is 14.3. The van der Waals surface area contributed by atoms with E-state index in [9.17, 15) is 4.79 Å². The van der Waals surface area contributed by atoms with Crippen molar-refractivity contribution in [2.75, 3.05) is 0 Å². The molecule has 0 bridgehead atoms. The van der Waals surface area contributed by atoms with Crippen LogP contribution < -0.4 is 5.32 Å². The largest absolute Gasteiger partial charge is 0.387 e. The fourth-order valence-electron chi connectivity index (χ4n) is 2.57. The van der Waals surface area contributed by atoms with Crippen LogP contribution >= 0.6 is 0 Å². The van der Waals surface area contributed by atoms with Crippen molar-refractivity contribution in [1.82, 2.24) is 5.32 Å². The third-order valence-electron chi connectivity index (χ3n) is 4.06. The quantitative estimate of drug-likeness (QED) is 0.501. The summed E-state index contributed by atoms with van der Waals surface area (Å²) in [6, 6.07) is 26.2. The van der Waals surface area contributed by atoms with Gasteiger partial charge >= 0.3 is 0 Å². The second-order valence-electron chi connectivity index (χ2n) is 6.01. The minimum atomic E-state index is -0.00369. The molecule has 3 aromatic carbocycles. The number of aryl methyl sites for hydroxylation is 1. The fraction of sp³-hybridized carbons (Fsp3) is 0.0870. The lowest BCUT2D eigenvalue weighted by atomic mass is 10.0. The predicted molar refractivity (Wildman–Crippen MR) is 103 cm³/mol. The van der Waals surface area contributed by atoms with E-state index in [4.69, 9.17) is 0 Å². The first kappa shape index (κ1) is 16.7. The van der Waals surface area contributed by atoms with Gasteiger partial charge < -0.3 is 5.32 Å². The average Bonchev–Trinajstić information content (AvgIpc) is 2.67. The minimum absolute atomic E-state index is 0.00369. The summed E-state index contributed by atoms with van der Waals surface area (Å²) >= 11 is 0. The number of carbonyl (C=O) groups excluding carboxylic acids is 1. The van der Waals surface area contributed by atoms with E-state index in [1.54, 1.807) is 12.3 Å². The van der Waals surface area contributed by atoms with Gasteiger partial charge in [-0.05, 0) is 23.6 Å². The van der Waals surface area contributed by atoms with Gasteiger partial charge in [0.25, 0.3) is 0 Å². The van der Waals surface area contributed by atoms with Crippen LogP contribution in [0.25, 0.3) is 11.1 Å². The second-order valence-corrected chi connectivity index (χ2v) is 6.01. The van der Waals surface area contributed by atoms with E-state index in [1.807, 2.05) is 42.5 Å². The molecule has 0 saturated carbocycles. The standard InChI is InChI=1S/C23H21NO/c1-18-7-9-19(10-8-18)17-24-16-15-23(25)22-13-11-21(12-14-22)20-5-3-2-4-6-20/h2-16,24H,17H2,1H3/b16-15+. The van der Waals surface area contributed by atoms with Crippen LogP contribution in [0.5, 0.6) is 0 Å². The number of hydrogen-bond acceptors (Lipinski definition) is 2. The number of nitrogens with one attached hydrogen (secondary N) is 1. The normalized spacial score (nSPS) is 10.8. The van der Waals surface area contributed by atoms with Gasteiger partial charge in [0.1, 0.15) is 0 Å². The molecule has 0 spiro atoms. The molecule has 3 aromatic rings. The molecule has 0 aliphatic carbocycles. The Balaban J connectivity index is 1.56. The van der Waals surface area contributed by atoms with Crippen molar-refractivity contribution >= 4 is 5.78 Å². The van der Waals surface area contributed by atoms with E-state index in [1.165, 1.54) is 11.1 Å². The number of allylic oxidation sites excluding steroid dienone is 1. The van der Waals surface area contributed by atoms with Crippen LogP contribution in [0.1, 0.15) is 21.5 Å². The zero-order chi connectivity index (χ0) is 17.5. The van der Waals surface area contributed by atoms with Crippen LogP contribution in [0.15, 0.2) is 91.1 Å². The molecular formula is C23H21NO. The molecule has 1 N–H and O–H groups in total. The van der Waals surface area contributed by atoms with Crippen molar-refractivity contribution in [2.45, 2.75) is 13.5 Å². The summed E-state index contributed by atoms with van der Waals surface area (Å²) < 4.78 is 0. The first-order valence-corrected chi connectivity index (χ1v) is 8.38. The molecule has 0 heterocycles. The summed E-state index contributed by atoms with van der Waals surface area (Å²) in [6.07, 6.45) is 3.29. The molecule has 0 aromatic heterocycles. The first-order chi connectivity index (χ1) is 12.2. The van der Waals surface area contributed by atoms with E-state index in [0.29, 0.717) is 12.1 Å².